The Kier molecular flexibility index (Phi) is 3.61. The summed E-state index contributed by atoms with van der Waals surface area (Å²) >= 11 is 0. The fourth-order valence-corrected chi connectivity index (χ4v) is 2.87. The van der Waals surface area contributed by atoms with E-state index in [1.165, 1.54) is 22.6 Å². The standard InChI is InChI=1S/C17H21N3/c1-18-13-14-7-3-4-8-15(14)20-12-11-19(2)16-9-5-6-10-17(16)20/h3-10,18H,11-13H2,1-2H3. The molecule has 0 aromatic heterocycles. The van der Waals surface area contributed by atoms with Crippen LogP contribution in [0.25, 0.3) is 0 Å². The van der Waals surface area contributed by atoms with E-state index in [4.69, 9.17) is 0 Å². The van der Waals surface area contributed by atoms with Gasteiger partial charge in [-0.25, -0.2) is 0 Å². The predicted molar refractivity (Wildman–Crippen MR) is 85.9 cm³/mol. The zero-order valence-electron chi connectivity index (χ0n) is 12.1. The molecule has 20 heavy (non-hydrogen) atoms. The Bertz CT molecular complexity index is 594. The maximum absolute atomic E-state index is 3.26. The zero-order chi connectivity index (χ0) is 13.9. The van der Waals surface area contributed by atoms with Crippen molar-refractivity contribution in [2.45, 2.75) is 6.54 Å². The second-order valence-electron chi connectivity index (χ2n) is 5.22. The van der Waals surface area contributed by atoms with Gasteiger partial charge in [0.15, 0.2) is 0 Å². The van der Waals surface area contributed by atoms with E-state index in [0.717, 1.165) is 19.6 Å². The first-order chi connectivity index (χ1) is 9.81. The summed E-state index contributed by atoms with van der Waals surface area (Å²) in [5.41, 5.74) is 5.25. The lowest BCUT2D eigenvalue weighted by molar-refractivity contribution is 0.792. The van der Waals surface area contributed by atoms with Crippen LogP contribution in [0.3, 0.4) is 0 Å². The fourth-order valence-electron chi connectivity index (χ4n) is 2.87. The first kappa shape index (κ1) is 13.0. The van der Waals surface area contributed by atoms with Crippen LogP contribution in [0.4, 0.5) is 17.1 Å². The highest BCUT2D eigenvalue weighted by atomic mass is 15.3. The number of fused-ring (bicyclic) bond motifs is 1. The largest absolute Gasteiger partial charge is 0.371 e. The predicted octanol–water partition coefficient (Wildman–Crippen LogP) is 2.99. The van der Waals surface area contributed by atoms with Crippen molar-refractivity contribution >= 4 is 17.1 Å². The number of anilines is 3. The van der Waals surface area contributed by atoms with Crippen LogP contribution in [0, 0.1) is 0 Å². The van der Waals surface area contributed by atoms with Gasteiger partial charge < -0.3 is 15.1 Å². The number of rotatable bonds is 3. The third kappa shape index (κ3) is 2.25. The molecule has 104 valence electrons. The summed E-state index contributed by atoms with van der Waals surface area (Å²) < 4.78 is 0. The molecular weight excluding hydrogens is 246 g/mol. The van der Waals surface area contributed by atoms with Gasteiger partial charge >= 0.3 is 0 Å². The molecule has 0 radical (unpaired) electrons. The normalized spacial score (nSPS) is 14.3. The Hall–Kier alpha value is -2.00. The van der Waals surface area contributed by atoms with Crippen LogP contribution in [0.15, 0.2) is 48.5 Å². The topological polar surface area (TPSA) is 18.5 Å². The fraction of sp³-hybridized carbons (Fsp3) is 0.294. The molecule has 1 N–H and O–H groups in total. The Morgan fingerprint density at radius 1 is 0.900 bits per heavy atom. The summed E-state index contributed by atoms with van der Waals surface area (Å²) in [4.78, 5) is 4.76. The molecule has 0 aliphatic carbocycles. The van der Waals surface area contributed by atoms with Crippen molar-refractivity contribution in [3.8, 4) is 0 Å². The van der Waals surface area contributed by atoms with E-state index in [2.05, 4.69) is 70.7 Å². The SMILES string of the molecule is CNCc1ccccc1N1CCN(C)c2ccccc21. The van der Waals surface area contributed by atoms with Crippen LogP contribution in [0.5, 0.6) is 0 Å². The van der Waals surface area contributed by atoms with Gasteiger partial charge in [-0.3, -0.25) is 0 Å². The molecule has 0 atom stereocenters. The van der Waals surface area contributed by atoms with Crippen molar-refractivity contribution in [3.05, 3.63) is 54.1 Å². The highest BCUT2D eigenvalue weighted by molar-refractivity contribution is 5.80. The van der Waals surface area contributed by atoms with Gasteiger partial charge in [-0.1, -0.05) is 30.3 Å². The van der Waals surface area contributed by atoms with E-state index in [-0.39, 0.29) is 0 Å². The van der Waals surface area contributed by atoms with E-state index in [9.17, 15) is 0 Å². The van der Waals surface area contributed by atoms with E-state index in [1.807, 2.05) is 7.05 Å². The van der Waals surface area contributed by atoms with Crippen molar-refractivity contribution in [2.24, 2.45) is 0 Å². The molecule has 0 bridgehead atoms. The second kappa shape index (κ2) is 5.55. The van der Waals surface area contributed by atoms with E-state index in [1.54, 1.807) is 0 Å². The van der Waals surface area contributed by atoms with Gasteiger partial charge in [-0.05, 0) is 30.8 Å². The van der Waals surface area contributed by atoms with Gasteiger partial charge in [-0.15, -0.1) is 0 Å². The molecule has 1 aliphatic rings. The Balaban J connectivity index is 2.06. The molecule has 3 heteroatoms. The van der Waals surface area contributed by atoms with Gasteiger partial charge in [-0.2, -0.15) is 0 Å². The van der Waals surface area contributed by atoms with Gasteiger partial charge in [0, 0.05) is 32.4 Å². The lowest BCUT2D eigenvalue weighted by Crippen LogP contribution is -2.36. The molecule has 1 aliphatic heterocycles. The molecule has 0 saturated heterocycles. The minimum absolute atomic E-state index is 0.894. The number of para-hydroxylation sites is 3. The highest BCUT2D eigenvalue weighted by Crippen LogP contribution is 2.37. The Labute approximate surface area is 120 Å². The molecule has 2 aromatic rings. The van der Waals surface area contributed by atoms with Gasteiger partial charge in [0.2, 0.25) is 0 Å². The molecule has 0 unspecified atom stereocenters. The quantitative estimate of drug-likeness (QED) is 0.922. The summed E-state index contributed by atoms with van der Waals surface area (Å²) in [5.74, 6) is 0. The van der Waals surface area contributed by atoms with Crippen LogP contribution in [-0.2, 0) is 6.54 Å². The molecule has 0 amide bonds. The third-order valence-corrected chi connectivity index (χ3v) is 3.89. The van der Waals surface area contributed by atoms with Crippen LogP contribution < -0.4 is 15.1 Å². The lowest BCUT2D eigenvalue weighted by atomic mass is 10.1. The van der Waals surface area contributed by atoms with Crippen molar-refractivity contribution in [1.29, 1.82) is 0 Å². The van der Waals surface area contributed by atoms with Crippen LogP contribution in [0.2, 0.25) is 0 Å². The van der Waals surface area contributed by atoms with Crippen LogP contribution in [0.1, 0.15) is 5.56 Å². The van der Waals surface area contributed by atoms with Gasteiger partial charge in [0.1, 0.15) is 0 Å². The highest BCUT2D eigenvalue weighted by Gasteiger charge is 2.22. The van der Waals surface area contributed by atoms with Crippen molar-refractivity contribution < 1.29 is 0 Å². The Morgan fingerprint density at radius 2 is 1.55 bits per heavy atom. The molecule has 1 heterocycles. The monoisotopic (exact) mass is 267 g/mol. The summed E-state index contributed by atoms with van der Waals surface area (Å²) in [7, 11) is 4.16. The molecule has 2 aromatic carbocycles. The molecule has 3 rings (SSSR count). The molecule has 0 fully saturated rings. The van der Waals surface area contributed by atoms with Crippen molar-refractivity contribution in [1.82, 2.24) is 5.32 Å². The van der Waals surface area contributed by atoms with E-state index >= 15 is 0 Å². The average Bonchev–Trinajstić information content (AvgIpc) is 2.49. The maximum Gasteiger partial charge on any atom is 0.0649 e. The van der Waals surface area contributed by atoms with E-state index < -0.39 is 0 Å². The maximum atomic E-state index is 3.26. The van der Waals surface area contributed by atoms with Crippen molar-refractivity contribution in [3.63, 3.8) is 0 Å². The van der Waals surface area contributed by atoms with Gasteiger partial charge in [0.05, 0.1) is 11.4 Å². The summed E-state index contributed by atoms with van der Waals surface area (Å²) in [6.07, 6.45) is 0. The number of nitrogens with zero attached hydrogens (tertiary/aromatic N) is 2. The number of hydrogen-bond donors (Lipinski definition) is 1. The minimum atomic E-state index is 0.894. The summed E-state index contributed by atoms with van der Waals surface area (Å²) in [6, 6.07) is 17.3. The molecule has 0 saturated carbocycles. The first-order valence-corrected chi connectivity index (χ1v) is 7.11. The first-order valence-electron chi connectivity index (χ1n) is 7.11. The number of nitrogens with one attached hydrogen (secondary N) is 1. The summed E-state index contributed by atoms with van der Waals surface area (Å²) in [6.45, 7) is 2.96. The average molecular weight is 267 g/mol. The van der Waals surface area contributed by atoms with Crippen molar-refractivity contribution in [2.75, 3.05) is 37.0 Å². The second-order valence-corrected chi connectivity index (χ2v) is 5.22. The molecular formula is C17H21N3. The zero-order valence-corrected chi connectivity index (χ0v) is 12.1. The molecule has 0 spiro atoms. The summed E-state index contributed by atoms with van der Waals surface area (Å²) in [5, 5.41) is 3.26. The van der Waals surface area contributed by atoms with Crippen LogP contribution in [-0.4, -0.2) is 27.2 Å². The van der Waals surface area contributed by atoms with Gasteiger partial charge in [0.25, 0.3) is 0 Å². The number of benzene rings is 2. The van der Waals surface area contributed by atoms with Crippen LogP contribution >= 0.6 is 0 Å². The number of hydrogen-bond acceptors (Lipinski definition) is 3. The minimum Gasteiger partial charge on any atom is -0.371 e. The third-order valence-electron chi connectivity index (χ3n) is 3.89. The lowest BCUT2D eigenvalue weighted by Gasteiger charge is -2.37. The molecule has 3 nitrogen and oxygen atoms in total. The Morgan fingerprint density at radius 3 is 2.30 bits per heavy atom. The number of likely N-dealkylation sites (N-methyl/N-ethyl adjacent to an activating group) is 1. The van der Waals surface area contributed by atoms with E-state index in [0.29, 0.717) is 0 Å². The smallest absolute Gasteiger partial charge is 0.0649 e.